The Morgan fingerprint density at radius 2 is 1.84 bits per heavy atom. The second-order valence-corrected chi connectivity index (χ2v) is 7.57. The summed E-state index contributed by atoms with van der Waals surface area (Å²) in [5, 5.41) is 12.9. The zero-order valence-electron chi connectivity index (χ0n) is 15.1. The molecule has 1 unspecified atom stereocenters. The Bertz CT molecular complexity index is 764. The summed E-state index contributed by atoms with van der Waals surface area (Å²) in [4.78, 5) is 14.7. The van der Waals surface area contributed by atoms with Crippen molar-refractivity contribution < 1.29 is 9.90 Å². The predicted molar refractivity (Wildman–Crippen MR) is 101 cm³/mol. The highest BCUT2D eigenvalue weighted by Crippen LogP contribution is 2.32. The van der Waals surface area contributed by atoms with Gasteiger partial charge in [-0.2, -0.15) is 0 Å². The van der Waals surface area contributed by atoms with Gasteiger partial charge in [0.05, 0.1) is 12.6 Å². The molecule has 3 rings (SSSR count). The number of amides is 2. The summed E-state index contributed by atoms with van der Waals surface area (Å²) in [5.41, 5.74) is 4.11. The first kappa shape index (κ1) is 17.5. The van der Waals surface area contributed by atoms with Crippen LogP contribution in [-0.4, -0.2) is 29.2 Å². The molecule has 2 aromatic rings. The number of aliphatic hydroxyl groups excluding tert-OH is 1. The van der Waals surface area contributed by atoms with Crippen molar-refractivity contribution in [2.24, 2.45) is 0 Å². The number of fused-ring (bicyclic) bond motifs is 1. The average molecular weight is 338 g/mol. The summed E-state index contributed by atoms with van der Waals surface area (Å²) in [6.45, 7) is 6.92. The smallest absolute Gasteiger partial charge is 0.322 e. The molecule has 132 valence electrons. The Balaban J connectivity index is 1.85. The lowest BCUT2D eigenvalue weighted by Crippen LogP contribution is -2.44. The van der Waals surface area contributed by atoms with Gasteiger partial charge < -0.3 is 15.3 Å². The van der Waals surface area contributed by atoms with Crippen LogP contribution in [0.25, 0.3) is 0 Å². The standard InChI is InChI=1S/C21H26N2O2/c1-21(2,3)17-10-6-7-11-18(17)22-20(25)23-13-12-15-8-4-5-9-16(15)19(23)14-24/h4-11,19,24H,12-14H2,1-3H3,(H,22,25). The number of hydrogen-bond donors (Lipinski definition) is 2. The molecule has 25 heavy (non-hydrogen) atoms. The molecule has 1 atom stereocenters. The number of carbonyl (C=O) groups excluding carboxylic acids is 1. The number of nitrogens with zero attached hydrogens (tertiary/aromatic N) is 1. The summed E-state index contributed by atoms with van der Waals surface area (Å²) in [7, 11) is 0. The zero-order valence-corrected chi connectivity index (χ0v) is 15.1. The fraction of sp³-hybridized carbons (Fsp3) is 0.381. The van der Waals surface area contributed by atoms with E-state index in [0.29, 0.717) is 6.54 Å². The minimum Gasteiger partial charge on any atom is -0.394 e. The van der Waals surface area contributed by atoms with E-state index in [4.69, 9.17) is 0 Å². The number of carbonyl (C=O) groups is 1. The van der Waals surface area contributed by atoms with Gasteiger partial charge in [-0.1, -0.05) is 63.2 Å². The molecule has 0 saturated heterocycles. The maximum absolute atomic E-state index is 12.9. The minimum atomic E-state index is -0.299. The van der Waals surface area contributed by atoms with Crippen LogP contribution < -0.4 is 5.32 Å². The van der Waals surface area contributed by atoms with Crippen LogP contribution in [0.3, 0.4) is 0 Å². The molecule has 1 aliphatic rings. The minimum absolute atomic E-state index is 0.0608. The lowest BCUT2D eigenvalue weighted by Gasteiger charge is -2.36. The topological polar surface area (TPSA) is 52.6 Å². The number of hydrogen-bond acceptors (Lipinski definition) is 2. The molecule has 4 nitrogen and oxygen atoms in total. The highest BCUT2D eigenvalue weighted by atomic mass is 16.3. The molecule has 0 saturated carbocycles. The van der Waals surface area contributed by atoms with Crippen molar-refractivity contribution in [1.29, 1.82) is 0 Å². The molecule has 2 aromatic carbocycles. The van der Waals surface area contributed by atoms with Gasteiger partial charge in [0.15, 0.2) is 0 Å². The van der Waals surface area contributed by atoms with E-state index in [-0.39, 0.29) is 24.1 Å². The van der Waals surface area contributed by atoms with E-state index in [1.807, 2.05) is 42.5 Å². The molecule has 0 spiro atoms. The van der Waals surface area contributed by atoms with Gasteiger partial charge in [0.1, 0.15) is 0 Å². The molecule has 4 heteroatoms. The Labute approximate surface area is 149 Å². The summed E-state index contributed by atoms with van der Waals surface area (Å²) >= 11 is 0. The number of rotatable bonds is 2. The first-order chi connectivity index (χ1) is 11.9. The van der Waals surface area contributed by atoms with E-state index >= 15 is 0 Å². The number of benzene rings is 2. The van der Waals surface area contributed by atoms with Crippen LogP contribution in [0.2, 0.25) is 0 Å². The van der Waals surface area contributed by atoms with Crippen LogP contribution in [-0.2, 0) is 11.8 Å². The monoisotopic (exact) mass is 338 g/mol. The van der Waals surface area contributed by atoms with E-state index in [9.17, 15) is 9.90 Å². The van der Waals surface area contributed by atoms with Crippen LogP contribution in [0.15, 0.2) is 48.5 Å². The third-order valence-electron chi connectivity index (χ3n) is 4.82. The van der Waals surface area contributed by atoms with Gasteiger partial charge in [-0.05, 0) is 34.6 Å². The average Bonchev–Trinajstić information content (AvgIpc) is 2.60. The maximum atomic E-state index is 12.9. The number of urea groups is 1. The highest BCUT2D eigenvalue weighted by Gasteiger charge is 2.30. The van der Waals surface area contributed by atoms with Crippen LogP contribution in [0.1, 0.15) is 43.5 Å². The van der Waals surface area contributed by atoms with Gasteiger partial charge in [-0.15, -0.1) is 0 Å². The SMILES string of the molecule is CC(C)(C)c1ccccc1NC(=O)N1CCc2ccccc2C1CO. The first-order valence-electron chi connectivity index (χ1n) is 8.77. The summed E-state index contributed by atoms with van der Waals surface area (Å²) in [6, 6.07) is 15.5. The molecule has 2 amide bonds. The molecule has 2 N–H and O–H groups in total. The number of para-hydroxylation sites is 1. The Morgan fingerprint density at radius 3 is 2.56 bits per heavy atom. The van der Waals surface area contributed by atoms with Gasteiger partial charge in [0.25, 0.3) is 0 Å². The Morgan fingerprint density at radius 1 is 1.16 bits per heavy atom. The molecular formula is C21H26N2O2. The van der Waals surface area contributed by atoms with E-state index in [1.165, 1.54) is 5.56 Å². The van der Waals surface area contributed by atoms with Crippen LogP contribution in [0, 0.1) is 0 Å². The number of anilines is 1. The molecule has 1 heterocycles. The Hall–Kier alpha value is -2.33. The first-order valence-corrected chi connectivity index (χ1v) is 8.77. The summed E-state index contributed by atoms with van der Waals surface area (Å²) in [5.74, 6) is 0. The lowest BCUT2D eigenvalue weighted by atomic mass is 9.86. The molecule has 1 aliphatic heterocycles. The molecule has 0 bridgehead atoms. The van der Waals surface area contributed by atoms with Gasteiger partial charge in [-0.3, -0.25) is 0 Å². The quantitative estimate of drug-likeness (QED) is 0.866. The van der Waals surface area contributed by atoms with Crippen molar-refractivity contribution >= 4 is 11.7 Å². The molecular weight excluding hydrogens is 312 g/mol. The predicted octanol–water partition coefficient (Wildman–Crippen LogP) is 4.11. The fourth-order valence-corrected chi connectivity index (χ4v) is 3.52. The van der Waals surface area contributed by atoms with Crippen molar-refractivity contribution in [3.63, 3.8) is 0 Å². The van der Waals surface area contributed by atoms with Crippen molar-refractivity contribution in [2.45, 2.75) is 38.6 Å². The normalized spacial score (nSPS) is 17.1. The molecule has 0 aliphatic carbocycles. The van der Waals surface area contributed by atoms with Crippen molar-refractivity contribution in [2.75, 3.05) is 18.5 Å². The van der Waals surface area contributed by atoms with Gasteiger partial charge in [0, 0.05) is 12.2 Å². The van der Waals surface area contributed by atoms with E-state index in [1.54, 1.807) is 4.90 Å². The van der Waals surface area contributed by atoms with Gasteiger partial charge in [0.2, 0.25) is 0 Å². The summed E-state index contributed by atoms with van der Waals surface area (Å²) < 4.78 is 0. The summed E-state index contributed by atoms with van der Waals surface area (Å²) in [6.07, 6.45) is 0.807. The van der Waals surface area contributed by atoms with Crippen molar-refractivity contribution in [1.82, 2.24) is 4.90 Å². The van der Waals surface area contributed by atoms with E-state index in [2.05, 4.69) is 32.2 Å². The third kappa shape index (κ3) is 3.54. The second kappa shape index (κ2) is 6.89. The van der Waals surface area contributed by atoms with Crippen LogP contribution >= 0.6 is 0 Å². The lowest BCUT2D eigenvalue weighted by molar-refractivity contribution is 0.135. The van der Waals surface area contributed by atoms with Crippen LogP contribution in [0.4, 0.5) is 10.5 Å². The number of aliphatic hydroxyl groups is 1. The van der Waals surface area contributed by atoms with E-state index in [0.717, 1.165) is 23.2 Å². The third-order valence-corrected chi connectivity index (χ3v) is 4.82. The fourth-order valence-electron chi connectivity index (χ4n) is 3.52. The van der Waals surface area contributed by atoms with Crippen LogP contribution in [0.5, 0.6) is 0 Å². The van der Waals surface area contributed by atoms with E-state index < -0.39 is 0 Å². The molecule has 0 fully saturated rings. The molecule has 0 aromatic heterocycles. The largest absolute Gasteiger partial charge is 0.394 e. The highest BCUT2D eigenvalue weighted by molar-refractivity contribution is 5.91. The van der Waals surface area contributed by atoms with Gasteiger partial charge >= 0.3 is 6.03 Å². The van der Waals surface area contributed by atoms with Gasteiger partial charge in [-0.25, -0.2) is 4.79 Å². The second-order valence-electron chi connectivity index (χ2n) is 7.57. The zero-order chi connectivity index (χ0) is 18.0. The number of nitrogens with one attached hydrogen (secondary N) is 1. The van der Waals surface area contributed by atoms with Crippen molar-refractivity contribution in [3.05, 3.63) is 65.2 Å². The Kier molecular flexibility index (Phi) is 4.82. The molecule has 0 radical (unpaired) electrons. The maximum Gasteiger partial charge on any atom is 0.322 e. The van der Waals surface area contributed by atoms with Crippen molar-refractivity contribution in [3.8, 4) is 0 Å².